The van der Waals surface area contributed by atoms with E-state index < -0.39 is 0 Å². The van der Waals surface area contributed by atoms with Gasteiger partial charge < -0.3 is 4.90 Å². The zero-order chi connectivity index (χ0) is 18.9. The molecule has 1 aliphatic carbocycles. The second kappa shape index (κ2) is 6.82. The summed E-state index contributed by atoms with van der Waals surface area (Å²) in [6.07, 6.45) is 10.8. The Morgan fingerprint density at radius 2 is 1.71 bits per heavy atom. The Bertz CT molecular complexity index is 1120. The predicted molar refractivity (Wildman–Crippen MR) is 110 cm³/mol. The van der Waals surface area contributed by atoms with Gasteiger partial charge in [0, 0.05) is 29.2 Å². The lowest BCUT2D eigenvalue weighted by Crippen LogP contribution is -2.30. The monoisotopic (exact) mass is 365 g/mol. The topological polar surface area (TPSA) is 38.1 Å². The fourth-order valence-electron chi connectivity index (χ4n) is 3.69. The van der Waals surface area contributed by atoms with Crippen molar-refractivity contribution in [2.45, 2.75) is 13.0 Å². The van der Waals surface area contributed by atoms with E-state index in [1.54, 1.807) is 6.20 Å². The first-order valence-electron chi connectivity index (χ1n) is 9.38. The zero-order valence-electron chi connectivity index (χ0n) is 15.3. The summed E-state index contributed by atoms with van der Waals surface area (Å²) >= 11 is 0. The number of nitrogens with zero attached hydrogens (tertiary/aromatic N) is 3. The Hall–Kier alpha value is -3.66. The Morgan fingerprint density at radius 3 is 2.54 bits per heavy atom. The summed E-state index contributed by atoms with van der Waals surface area (Å²) in [7, 11) is 0. The first-order valence-corrected chi connectivity index (χ1v) is 9.38. The van der Waals surface area contributed by atoms with Gasteiger partial charge in [0.05, 0.1) is 12.2 Å². The number of fused-ring (bicyclic) bond motifs is 2. The number of hydrogen-bond donors (Lipinski definition) is 0. The highest BCUT2D eigenvalue weighted by molar-refractivity contribution is 5.96. The number of benzene rings is 2. The molecule has 0 radical (unpaired) electrons. The van der Waals surface area contributed by atoms with Crippen LogP contribution < -0.4 is 0 Å². The van der Waals surface area contributed by atoms with E-state index in [1.165, 1.54) is 0 Å². The van der Waals surface area contributed by atoms with Gasteiger partial charge in [-0.2, -0.15) is 5.10 Å². The van der Waals surface area contributed by atoms with Crippen LogP contribution >= 0.6 is 0 Å². The van der Waals surface area contributed by atoms with Crippen LogP contribution in [0.1, 0.15) is 22.5 Å². The maximum atomic E-state index is 13.4. The van der Waals surface area contributed by atoms with Crippen LogP contribution in [0.4, 0.5) is 0 Å². The van der Waals surface area contributed by atoms with Crippen molar-refractivity contribution >= 4 is 12.1 Å². The minimum absolute atomic E-state index is 0.00158. The third kappa shape index (κ3) is 2.89. The Balaban J connectivity index is 1.49. The lowest BCUT2D eigenvalue weighted by atomic mass is 10.0. The van der Waals surface area contributed by atoms with Gasteiger partial charge >= 0.3 is 0 Å². The largest absolute Gasteiger partial charge is 0.302 e. The van der Waals surface area contributed by atoms with Crippen LogP contribution in [0.5, 0.6) is 0 Å². The van der Waals surface area contributed by atoms with Crippen molar-refractivity contribution in [2.24, 2.45) is 0 Å². The summed E-state index contributed by atoms with van der Waals surface area (Å²) in [5, 5.41) is 4.36. The van der Waals surface area contributed by atoms with Crippen molar-refractivity contribution in [1.29, 1.82) is 0 Å². The molecule has 5 rings (SSSR count). The van der Waals surface area contributed by atoms with Crippen LogP contribution in [0.2, 0.25) is 0 Å². The average Bonchev–Trinajstić information content (AvgIpc) is 3.13. The molecule has 1 aliphatic heterocycles. The zero-order valence-corrected chi connectivity index (χ0v) is 15.3. The van der Waals surface area contributed by atoms with E-state index in [0.717, 1.165) is 34.5 Å². The molecular formula is C24H19N3O. The Labute approximate surface area is 163 Å². The molecule has 2 aromatic carbocycles. The van der Waals surface area contributed by atoms with Gasteiger partial charge in [-0.15, -0.1) is 0 Å². The number of allylic oxidation sites excluding steroid dienone is 3. The molecule has 0 N–H and O–H groups in total. The normalized spacial score (nSPS) is 15.2. The predicted octanol–water partition coefficient (Wildman–Crippen LogP) is 4.89. The number of aromatic nitrogens is 2. The van der Waals surface area contributed by atoms with Crippen molar-refractivity contribution in [1.82, 2.24) is 14.7 Å². The van der Waals surface area contributed by atoms with Gasteiger partial charge in [0.15, 0.2) is 0 Å². The summed E-state index contributed by atoms with van der Waals surface area (Å²) in [6.45, 7) is 0.499. The molecule has 0 atom stereocenters. The minimum Gasteiger partial charge on any atom is -0.302 e. The molecule has 136 valence electrons. The average molecular weight is 365 g/mol. The molecule has 0 unspecified atom stereocenters. The molecule has 0 fully saturated rings. The van der Waals surface area contributed by atoms with Crippen LogP contribution in [0.3, 0.4) is 0 Å². The number of carbonyl (C=O) groups excluding carboxylic acids is 1. The second-order valence-corrected chi connectivity index (χ2v) is 6.91. The van der Waals surface area contributed by atoms with Crippen LogP contribution in [0.25, 0.3) is 17.3 Å². The van der Waals surface area contributed by atoms with Crippen LogP contribution in [0.15, 0.2) is 96.4 Å². The van der Waals surface area contributed by atoms with Crippen molar-refractivity contribution in [3.8, 4) is 11.1 Å². The summed E-state index contributed by atoms with van der Waals surface area (Å²) in [6, 6.07) is 20.0. The van der Waals surface area contributed by atoms with Gasteiger partial charge in [-0.3, -0.25) is 4.79 Å². The SMILES string of the molecule is O=C(c1ccc(-c2ccccc2)cc1)N1Cc2ccnn2C=C2C=CCC=C21. The molecule has 0 saturated heterocycles. The fraction of sp³-hybridized carbons (Fsp3) is 0.0833. The maximum Gasteiger partial charge on any atom is 0.258 e. The molecule has 2 heterocycles. The number of amides is 1. The maximum absolute atomic E-state index is 13.4. The molecule has 0 saturated carbocycles. The lowest BCUT2D eigenvalue weighted by Gasteiger charge is -2.25. The molecule has 28 heavy (non-hydrogen) atoms. The molecule has 4 nitrogen and oxygen atoms in total. The van der Waals surface area contributed by atoms with Gasteiger partial charge in [0.2, 0.25) is 0 Å². The van der Waals surface area contributed by atoms with Crippen LogP contribution in [0, 0.1) is 0 Å². The molecule has 4 heteroatoms. The van der Waals surface area contributed by atoms with E-state index in [4.69, 9.17) is 0 Å². The minimum atomic E-state index is 0.00158. The standard InChI is InChI=1S/C24H19N3O/c28-24(20-12-10-19(11-13-20)18-6-2-1-3-7-18)26-17-22-14-15-25-27(22)16-21-8-4-5-9-23(21)26/h1-4,6-16H,5,17H2. The highest BCUT2D eigenvalue weighted by atomic mass is 16.2. The molecule has 1 amide bonds. The molecule has 1 aromatic heterocycles. The van der Waals surface area contributed by atoms with Gasteiger partial charge in [-0.05, 0) is 35.7 Å². The third-order valence-corrected chi connectivity index (χ3v) is 5.15. The molecule has 2 aliphatic rings. The smallest absolute Gasteiger partial charge is 0.258 e. The van der Waals surface area contributed by atoms with E-state index in [2.05, 4.69) is 35.5 Å². The van der Waals surface area contributed by atoms with Crippen LogP contribution in [-0.4, -0.2) is 20.6 Å². The van der Waals surface area contributed by atoms with E-state index in [9.17, 15) is 4.79 Å². The number of carbonyl (C=O) groups is 1. The fourth-order valence-corrected chi connectivity index (χ4v) is 3.69. The van der Waals surface area contributed by atoms with E-state index in [0.29, 0.717) is 12.1 Å². The highest BCUT2D eigenvalue weighted by Crippen LogP contribution is 2.29. The Morgan fingerprint density at radius 1 is 0.929 bits per heavy atom. The molecule has 0 bridgehead atoms. The van der Waals surface area contributed by atoms with Gasteiger partial charge in [-0.25, -0.2) is 4.68 Å². The summed E-state index contributed by atoms with van der Waals surface area (Å²) in [5.74, 6) is 0.00158. The summed E-state index contributed by atoms with van der Waals surface area (Å²) in [4.78, 5) is 15.2. The summed E-state index contributed by atoms with van der Waals surface area (Å²) in [5.41, 5.74) is 5.87. The van der Waals surface area contributed by atoms with Gasteiger partial charge in [-0.1, -0.05) is 60.7 Å². The second-order valence-electron chi connectivity index (χ2n) is 6.91. The first kappa shape index (κ1) is 16.5. The molecule has 0 spiro atoms. The summed E-state index contributed by atoms with van der Waals surface area (Å²) < 4.78 is 1.85. The number of rotatable bonds is 2. The van der Waals surface area contributed by atoms with Crippen LogP contribution in [-0.2, 0) is 6.54 Å². The van der Waals surface area contributed by atoms with Crippen molar-refractivity contribution in [3.63, 3.8) is 0 Å². The van der Waals surface area contributed by atoms with Crippen molar-refractivity contribution in [2.75, 3.05) is 0 Å². The highest BCUT2D eigenvalue weighted by Gasteiger charge is 2.26. The number of hydrogen-bond acceptors (Lipinski definition) is 2. The third-order valence-electron chi connectivity index (χ3n) is 5.15. The van der Waals surface area contributed by atoms with Gasteiger partial charge in [0.1, 0.15) is 0 Å². The van der Waals surface area contributed by atoms with E-state index in [1.807, 2.05) is 64.3 Å². The van der Waals surface area contributed by atoms with Gasteiger partial charge in [0.25, 0.3) is 5.91 Å². The van der Waals surface area contributed by atoms with Crippen molar-refractivity contribution in [3.05, 3.63) is 108 Å². The molecule has 3 aromatic rings. The molecular weight excluding hydrogens is 346 g/mol. The quantitative estimate of drug-likeness (QED) is 0.648. The van der Waals surface area contributed by atoms with E-state index >= 15 is 0 Å². The lowest BCUT2D eigenvalue weighted by molar-refractivity contribution is 0.0798. The first-order chi connectivity index (χ1) is 13.8. The van der Waals surface area contributed by atoms with Crippen molar-refractivity contribution < 1.29 is 4.79 Å². The Kier molecular flexibility index (Phi) is 4.02. The van der Waals surface area contributed by atoms with E-state index in [-0.39, 0.29) is 5.91 Å².